The Morgan fingerprint density at radius 1 is 1.15 bits per heavy atom. The molecule has 2 aromatic carbocycles. The van der Waals surface area contributed by atoms with E-state index in [0.717, 1.165) is 55.3 Å². The molecule has 33 heavy (non-hydrogen) atoms. The van der Waals surface area contributed by atoms with Gasteiger partial charge in [0.2, 0.25) is 11.7 Å². The summed E-state index contributed by atoms with van der Waals surface area (Å²) in [6, 6.07) is 15.0. The first kappa shape index (κ1) is 21.8. The number of aromatic nitrogens is 2. The highest BCUT2D eigenvalue weighted by Gasteiger charge is 2.36. The van der Waals surface area contributed by atoms with Gasteiger partial charge in [-0.1, -0.05) is 54.4 Å². The molecule has 5 rings (SSSR count). The Balaban J connectivity index is 1.21. The van der Waals surface area contributed by atoms with Gasteiger partial charge in [-0.3, -0.25) is 9.69 Å². The van der Waals surface area contributed by atoms with E-state index >= 15 is 0 Å². The third-order valence-corrected chi connectivity index (χ3v) is 7.21. The first-order valence-corrected chi connectivity index (χ1v) is 11.6. The number of carbonyl (C=O) groups is 1. The molecule has 7 heteroatoms. The molecule has 2 heterocycles. The lowest BCUT2D eigenvalue weighted by Gasteiger charge is -2.36. The number of hydrogen-bond donors (Lipinski definition) is 1. The van der Waals surface area contributed by atoms with E-state index in [9.17, 15) is 9.18 Å². The minimum absolute atomic E-state index is 0.0190. The Labute approximate surface area is 192 Å². The molecular formula is C26H28FN3O3. The Hall–Kier alpha value is -3.06. The highest BCUT2D eigenvalue weighted by Crippen LogP contribution is 2.44. The molecule has 1 aliphatic carbocycles. The molecule has 3 aromatic rings. The molecule has 1 N–H and O–H groups in total. The zero-order valence-electron chi connectivity index (χ0n) is 18.5. The number of benzene rings is 2. The van der Waals surface area contributed by atoms with Gasteiger partial charge in [-0.15, -0.1) is 0 Å². The van der Waals surface area contributed by atoms with Crippen molar-refractivity contribution >= 4 is 5.97 Å². The average Bonchev–Trinajstić information content (AvgIpc) is 3.45. The van der Waals surface area contributed by atoms with Crippen LogP contribution in [0.3, 0.4) is 0 Å². The SMILES string of the molecule is O=C(O)C1CN(Cc2ccc(-c3noc(CCC4(c5cccc(F)c5)CCCC4)n3)cc2)C1. The summed E-state index contributed by atoms with van der Waals surface area (Å²) in [5.74, 6) is 0.0310. The third kappa shape index (κ3) is 4.69. The standard InChI is InChI=1S/C26H28FN3O3/c27-22-5-3-4-21(14-22)26(11-1-2-12-26)13-10-23-28-24(29-33-23)19-8-6-18(7-9-19)15-30-16-20(17-30)25(31)32/h3-9,14,20H,1-2,10-13,15-17H2,(H,31,32). The van der Waals surface area contributed by atoms with Crippen LogP contribution in [0.15, 0.2) is 53.1 Å². The van der Waals surface area contributed by atoms with Crippen LogP contribution in [-0.2, 0) is 23.2 Å². The molecule has 6 nitrogen and oxygen atoms in total. The number of halogens is 1. The van der Waals surface area contributed by atoms with Crippen molar-refractivity contribution in [2.24, 2.45) is 5.92 Å². The Morgan fingerprint density at radius 2 is 1.91 bits per heavy atom. The van der Waals surface area contributed by atoms with Gasteiger partial charge in [0, 0.05) is 31.6 Å². The lowest BCUT2D eigenvalue weighted by molar-refractivity contribution is -0.147. The maximum atomic E-state index is 13.8. The molecule has 172 valence electrons. The van der Waals surface area contributed by atoms with Gasteiger partial charge in [-0.05, 0) is 47.9 Å². The topological polar surface area (TPSA) is 79.5 Å². The third-order valence-electron chi connectivity index (χ3n) is 7.21. The molecule has 0 atom stereocenters. The Kier molecular flexibility index (Phi) is 5.98. The van der Waals surface area contributed by atoms with Gasteiger partial charge < -0.3 is 9.63 Å². The van der Waals surface area contributed by atoms with E-state index in [-0.39, 0.29) is 17.2 Å². The van der Waals surface area contributed by atoms with Gasteiger partial charge in [0.05, 0.1) is 5.92 Å². The summed E-state index contributed by atoms with van der Waals surface area (Å²) in [5, 5.41) is 13.2. The molecular weight excluding hydrogens is 421 g/mol. The lowest BCUT2D eigenvalue weighted by Crippen LogP contribution is -2.49. The van der Waals surface area contributed by atoms with Crippen LogP contribution in [0.1, 0.15) is 49.1 Å². The molecule has 0 amide bonds. The second-order valence-corrected chi connectivity index (χ2v) is 9.44. The smallest absolute Gasteiger partial charge is 0.309 e. The van der Waals surface area contributed by atoms with Crippen LogP contribution in [-0.4, -0.2) is 39.2 Å². The van der Waals surface area contributed by atoms with Gasteiger partial charge in [0.15, 0.2) is 0 Å². The van der Waals surface area contributed by atoms with Crippen molar-refractivity contribution in [3.63, 3.8) is 0 Å². The van der Waals surface area contributed by atoms with Crippen molar-refractivity contribution in [2.75, 3.05) is 13.1 Å². The zero-order valence-corrected chi connectivity index (χ0v) is 18.5. The predicted octanol–water partition coefficient (Wildman–Crippen LogP) is 4.84. The summed E-state index contributed by atoms with van der Waals surface area (Å²) >= 11 is 0. The molecule has 1 aromatic heterocycles. The van der Waals surface area contributed by atoms with E-state index in [2.05, 4.69) is 15.0 Å². The monoisotopic (exact) mass is 449 g/mol. The Bertz CT molecular complexity index is 1120. The molecule has 0 spiro atoms. The molecule has 0 bridgehead atoms. The van der Waals surface area contributed by atoms with Crippen molar-refractivity contribution in [1.29, 1.82) is 0 Å². The minimum Gasteiger partial charge on any atom is -0.481 e. The molecule has 1 saturated heterocycles. The number of aryl methyl sites for hydroxylation is 1. The summed E-state index contributed by atoms with van der Waals surface area (Å²) in [6.45, 7) is 1.94. The fourth-order valence-electron chi connectivity index (χ4n) is 5.25. The van der Waals surface area contributed by atoms with E-state index < -0.39 is 5.97 Å². The van der Waals surface area contributed by atoms with E-state index in [4.69, 9.17) is 9.63 Å². The minimum atomic E-state index is -0.718. The van der Waals surface area contributed by atoms with Crippen molar-refractivity contribution < 1.29 is 18.8 Å². The number of likely N-dealkylation sites (tertiary alicyclic amines) is 1. The van der Waals surface area contributed by atoms with Gasteiger partial charge in [-0.2, -0.15) is 4.98 Å². The number of rotatable bonds is 8. The number of carboxylic acids is 1. The van der Waals surface area contributed by atoms with Crippen LogP contribution in [0.4, 0.5) is 4.39 Å². The van der Waals surface area contributed by atoms with E-state index in [1.165, 1.54) is 6.07 Å². The van der Waals surface area contributed by atoms with Crippen LogP contribution in [0.25, 0.3) is 11.4 Å². The predicted molar refractivity (Wildman–Crippen MR) is 121 cm³/mol. The summed E-state index contributed by atoms with van der Waals surface area (Å²) in [5.41, 5.74) is 3.08. The number of aliphatic carboxylic acids is 1. The fraction of sp³-hybridized carbons (Fsp3) is 0.423. The molecule has 0 radical (unpaired) electrons. The summed E-state index contributed by atoms with van der Waals surface area (Å²) < 4.78 is 19.4. The second kappa shape index (κ2) is 9.06. The van der Waals surface area contributed by atoms with Crippen LogP contribution in [0, 0.1) is 11.7 Å². The van der Waals surface area contributed by atoms with Crippen molar-refractivity contribution in [2.45, 2.75) is 50.5 Å². The average molecular weight is 450 g/mol. The first-order chi connectivity index (χ1) is 16.0. The number of nitrogens with zero attached hydrogens (tertiary/aromatic N) is 3. The zero-order chi connectivity index (χ0) is 22.8. The van der Waals surface area contributed by atoms with Crippen molar-refractivity contribution in [3.8, 4) is 11.4 Å². The molecule has 1 saturated carbocycles. The van der Waals surface area contributed by atoms with E-state index in [1.807, 2.05) is 30.3 Å². The molecule has 0 unspecified atom stereocenters. The fourth-order valence-corrected chi connectivity index (χ4v) is 5.25. The van der Waals surface area contributed by atoms with Gasteiger partial charge in [0.1, 0.15) is 5.82 Å². The highest BCUT2D eigenvalue weighted by molar-refractivity contribution is 5.71. The van der Waals surface area contributed by atoms with Crippen molar-refractivity contribution in [1.82, 2.24) is 15.0 Å². The van der Waals surface area contributed by atoms with E-state index in [1.54, 1.807) is 12.1 Å². The molecule has 1 aliphatic heterocycles. The normalized spacial score (nSPS) is 18.3. The largest absolute Gasteiger partial charge is 0.481 e. The van der Waals surface area contributed by atoms with Crippen LogP contribution < -0.4 is 0 Å². The second-order valence-electron chi connectivity index (χ2n) is 9.44. The van der Waals surface area contributed by atoms with Gasteiger partial charge in [-0.25, -0.2) is 4.39 Å². The van der Waals surface area contributed by atoms with E-state index in [0.29, 0.717) is 31.2 Å². The van der Waals surface area contributed by atoms with Crippen LogP contribution in [0.2, 0.25) is 0 Å². The highest BCUT2D eigenvalue weighted by atomic mass is 19.1. The summed E-state index contributed by atoms with van der Waals surface area (Å²) in [4.78, 5) is 17.7. The quantitative estimate of drug-likeness (QED) is 0.530. The van der Waals surface area contributed by atoms with Crippen molar-refractivity contribution in [3.05, 3.63) is 71.4 Å². The lowest BCUT2D eigenvalue weighted by atomic mass is 9.75. The van der Waals surface area contributed by atoms with Gasteiger partial charge >= 0.3 is 5.97 Å². The van der Waals surface area contributed by atoms with Crippen LogP contribution in [0.5, 0.6) is 0 Å². The van der Waals surface area contributed by atoms with Crippen LogP contribution >= 0.6 is 0 Å². The Morgan fingerprint density at radius 3 is 2.61 bits per heavy atom. The maximum absolute atomic E-state index is 13.8. The number of hydrogen-bond acceptors (Lipinski definition) is 5. The summed E-state index contributed by atoms with van der Waals surface area (Å²) in [7, 11) is 0. The van der Waals surface area contributed by atoms with Gasteiger partial charge in [0.25, 0.3) is 0 Å². The maximum Gasteiger partial charge on any atom is 0.309 e. The first-order valence-electron chi connectivity index (χ1n) is 11.6. The molecule has 2 fully saturated rings. The number of carboxylic acid groups (broad SMARTS) is 1. The summed E-state index contributed by atoms with van der Waals surface area (Å²) in [6.07, 6.45) is 5.97. The molecule has 2 aliphatic rings.